The molecule has 0 unspecified atom stereocenters. The van der Waals surface area contributed by atoms with Crippen LogP contribution in [0.3, 0.4) is 0 Å². The molecule has 0 N–H and O–H groups in total. The zero-order chi connectivity index (χ0) is 17.3. The first kappa shape index (κ1) is 15.7. The Kier molecular flexibility index (Phi) is 4.03. The van der Waals surface area contributed by atoms with Gasteiger partial charge in [0.2, 0.25) is 0 Å². The molecule has 0 aliphatic carbocycles. The Morgan fingerprint density at radius 2 is 2.12 bits per heavy atom. The van der Waals surface area contributed by atoms with E-state index in [1.54, 1.807) is 11.3 Å². The van der Waals surface area contributed by atoms with Gasteiger partial charge in [-0.05, 0) is 29.2 Å². The summed E-state index contributed by atoms with van der Waals surface area (Å²) < 4.78 is 5.89. The molecule has 0 atom stereocenters. The summed E-state index contributed by atoms with van der Waals surface area (Å²) in [6.07, 6.45) is 5.25. The average Bonchev–Trinajstić information content (AvgIpc) is 3.22. The summed E-state index contributed by atoms with van der Waals surface area (Å²) in [5.74, 6) is 1.84. The number of aromatic nitrogens is 2. The van der Waals surface area contributed by atoms with Crippen molar-refractivity contribution in [2.45, 2.75) is 13.0 Å². The maximum atomic E-state index is 5.89. The second kappa shape index (κ2) is 6.67. The highest BCUT2D eigenvalue weighted by Gasteiger charge is 2.21. The van der Waals surface area contributed by atoms with Crippen LogP contribution < -0.4 is 4.74 Å². The van der Waals surface area contributed by atoms with Gasteiger partial charge in [-0.1, -0.05) is 24.3 Å². The van der Waals surface area contributed by atoms with E-state index < -0.39 is 0 Å². The van der Waals surface area contributed by atoms with Gasteiger partial charge in [-0.3, -0.25) is 4.90 Å². The number of hydrogen-bond donors (Lipinski definition) is 0. The van der Waals surface area contributed by atoms with E-state index in [0.29, 0.717) is 6.61 Å². The predicted molar refractivity (Wildman–Crippen MR) is 104 cm³/mol. The van der Waals surface area contributed by atoms with Crippen LogP contribution >= 0.6 is 11.3 Å². The molecule has 0 fully saturated rings. The van der Waals surface area contributed by atoms with E-state index in [1.165, 1.54) is 22.4 Å². The summed E-state index contributed by atoms with van der Waals surface area (Å²) in [7, 11) is 0. The zero-order valence-corrected chi connectivity index (χ0v) is 15.2. The maximum Gasteiger partial charge on any atom is 0.169 e. The lowest BCUT2D eigenvalue weighted by atomic mass is 10.0. The third-order valence-electron chi connectivity index (χ3n) is 4.87. The molecule has 4 heterocycles. The minimum atomic E-state index is 0.675. The van der Waals surface area contributed by atoms with E-state index in [1.807, 2.05) is 24.4 Å². The highest BCUT2D eigenvalue weighted by atomic mass is 32.1. The number of benzene rings is 1. The second-order valence-electron chi connectivity index (χ2n) is 6.73. The van der Waals surface area contributed by atoms with Gasteiger partial charge in [0.25, 0.3) is 0 Å². The molecule has 26 heavy (non-hydrogen) atoms. The minimum absolute atomic E-state index is 0.675. The fraction of sp³-hybridized carbons (Fsp3) is 0.238. The van der Waals surface area contributed by atoms with E-state index >= 15 is 0 Å². The zero-order valence-electron chi connectivity index (χ0n) is 14.4. The lowest BCUT2D eigenvalue weighted by Crippen LogP contribution is -2.34. The summed E-state index contributed by atoms with van der Waals surface area (Å²) in [6.45, 7) is 3.53. The number of para-hydroxylation sites is 1. The molecule has 2 aliphatic heterocycles. The van der Waals surface area contributed by atoms with Crippen LogP contribution in [0, 0.1) is 0 Å². The van der Waals surface area contributed by atoms with Crippen molar-refractivity contribution in [1.82, 2.24) is 14.9 Å². The summed E-state index contributed by atoms with van der Waals surface area (Å²) >= 11 is 1.69. The molecular weight excluding hydrogens is 342 g/mol. The van der Waals surface area contributed by atoms with E-state index in [2.05, 4.69) is 39.5 Å². The van der Waals surface area contributed by atoms with Crippen molar-refractivity contribution in [3.05, 3.63) is 70.4 Å². The van der Waals surface area contributed by atoms with E-state index in [9.17, 15) is 0 Å². The van der Waals surface area contributed by atoms with Crippen molar-refractivity contribution in [1.29, 1.82) is 0 Å². The molecule has 4 nitrogen and oxygen atoms in total. The molecule has 0 amide bonds. The quantitative estimate of drug-likeness (QED) is 0.706. The Bertz CT molecular complexity index is 965. The Morgan fingerprint density at radius 1 is 1.15 bits per heavy atom. The monoisotopic (exact) mass is 361 g/mol. The molecule has 5 heteroatoms. The largest absolute Gasteiger partial charge is 0.489 e. The fourth-order valence-corrected chi connectivity index (χ4v) is 4.24. The van der Waals surface area contributed by atoms with Crippen LogP contribution in [0.25, 0.3) is 16.8 Å². The molecular formula is C21H19N3OS. The predicted octanol–water partition coefficient (Wildman–Crippen LogP) is 4.04. The van der Waals surface area contributed by atoms with Crippen LogP contribution in [0.4, 0.5) is 0 Å². The van der Waals surface area contributed by atoms with Gasteiger partial charge in [0, 0.05) is 43.4 Å². The van der Waals surface area contributed by atoms with Gasteiger partial charge >= 0.3 is 0 Å². The molecule has 0 radical (unpaired) electrons. The summed E-state index contributed by atoms with van der Waals surface area (Å²) in [6, 6.07) is 12.3. The molecule has 0 spiro atoms. The first-order chi connectivity index (χ1) is 12.8. The van der Waals surface area contributed by atoms with Gasteiger partial charge < -0.3 is 4.74 Å². The topological polar surface area (TPSA) is 38.2 Å². The average molecular weight is 361 g/mol. The molecule has 0 bridgehead atoms. The second-order valence-corrected chi connectivity index (χ2v) is 7.68. The number of hydrogen-bond acceptors (Lipinski definition) is 5. The van der Waals surface area contributed by atoms with E-state index in [0.717, 1.165) is 42.5 Å². The lowest BCUT2D eigenvalue weighted by molar-refractivity contribution is 0.255. The molecule has 1 aromatic carbocycles. The maximum absolute atomic E-state index is 5.89. The van der Waals surface area contributed by atoms with Crippen molar-refractivity contribution < 1.29 is 4.74 Å². The Morgan fingerprint density at radius 3 is 3.04 bits per heavy atom. The SMILES string of the molecule is C1=C(CN2CCc3nc(-c4cccs4)ncc3C2)COc2ccccc21. The lowest BCUT2D eigenvalue weighted by Gasteiger charge is -2.30. The molecule has 3 aromatic rings. The molecule has 2 aliphatic rings. The Balaban J connectivity index is 1.31. The molecule has 0 saturated heterocycles. The first-order valence-electron chi connectivity index (χ1n) is 8.87. The molecule has 130 valence electrons. The number of fused-ring (bicyclic) bond motifs is 2. The van der Waals surface area contributed by atoms with Crippen molar-refractivity contribution in [2.24, 2.45) is 0 Å². The Labute approximate surface area is 156 Å². The van der Waals surface area contributed by atoms with E-state index in [4.69, 9.17) is 9.72 Å². The van der Waals surface area contributed by atoms with Crippen LogP contribution in [0.2, 0.25) is 0 Å². The highest BCUT2D eigenvalue weighted by Crippen LogP contribution is 2.28. The van der Waals surface area contributed by atoms with Crippen molar-refractivity contribution in [3.8, 4) is 16.5 Å². The normalized spacial score (nSPS) is 16.4. The van der Waals surface area contributed by atoms with Crippen LogP contribution in [0.5, 0.6) is 5.75 Å². The number of thiophene rings is 1. The number of ether oxygens (including phenoxy) is 1. The summed E-state index contributed by atoms with van der Waals surface area (Å²) in [5, 5.41) is 2.07. The molecule has 0 saturated carbocycles. The van der Waals surface area contributed by atoms with Crippen LogP contribution in [0.1, 0.15) is 16.8 Å². The minimum Gasteiger partial charge on any atom is -0.489 e. The molecule has 2 aromatic heterocycles. The summed E-state index contributed by atoms with van der Waals surface area (Å²) in [5.41, 5.74) is 4.94. The third kappa shape index (κ3) is 3.04. The number of nitrogens with zero attached hydrogens (tertiary/aromatic N) is 3. The fourth-order valence-electron chi connectivity index (χ4n) is 3.58. The standard InChI is InChI=1S/C21H19N3OS/c1-2-5-19-16(4-1)10-15(14-25-19)12-24-8-7-18-17(13-24)11-22-21(23-18)20-6-3-9-26-20/h1-6,9-11H,7-8,12-14H2. The first-order valence-corrected chi connectivity index (χ1v) is 9.75. The van der Waals surface area contributed by atoms with Crippen LogP contribution in [0.15, 0.2) is 53.5 Å². The van der Waals surface area contributed by atoms with Crippen molar-refractivity contribution in [3.63, 3.8) is 0 Å². The molecule has 5 rings (SSSR count). The highest BCUT2D eigenvalue weighted by molar-refractivity contribution is 7.13. The summed E-state index contributed by atoms with van der Waals surface area (Å²) in [4.78, 5) is 13.0. The van der Waals surface area contributed by atoms with Crippen molar-refractivity contribution >= 4 is 17.4 Å². The van der Waals surface area contributed by atoms with Gasteiger partial charge in [-0.2, -0.15) is 0 Å². The third-order valence-corrected chi connectivity index (χ3v) is 5.74. The van der Waals surface area contributed by atoms with Gasteiger partial charge in [-0.25, -0.2) is 9.97 Å². The van der Waals surface area contributed by atoms with Gasteiger partial charge in [0.1, 0.15) is 12.4 Å². The van der Waals surface area contributed by atoms with Gasteiger partial charge in [-0.15, -0.1) is 11.3 Å². The smallest absolute Gasteiger partial charge is 0.169 e. The number of rotatable bonds is 3. The van der Waals surface area contributed by atoms with Crippen LogP contribution in [-0.2, 0) is 13.0 Å². The Hall–Kier alpha value is -2.50. The van der Waals surface area contributed by atoms with Gasteiger partial charge in [0.15, 0.2) is 5.82 Å². The van der Waals surface area contributed by atoms with Gasteiger partial charge in [0.05, 0.1) is 10.6 Å². The van der Waals surface area contributed by atoms with E-state index in [-0.39, 0.29) is 0 Å². The van der Waals surface area contributed by atoms with Crippen molar-refractivity contribution in [2.75, 3.05) is 19.7 Å². The van der Waals surface area contributed by atoms with Crippen LogP contribution in [-0.4, -0.2) is 34.6 Å².